The van der Waals surface area contributed by atoms with E-state index in [0.717, 1.165) is 15.6 Å². The lowest BCUT2D eigenvalue weighted by Crippen LogP contribution is -2.47. The maximum absolute atomic E-state index is 12.8. The Morgan fingerprint density at radius 3 is 2.63 bits per heavy atom. The SMILES string of the molecule is CNC(=O)[C@H](C)N(Cc1cccc(Br)c1)C(=O)CSCc1ccccc1Cl. The van der Waals surface area contributed by atoms with Crippen LogP contribution in [0.3, 0.4) is 0 Å². The normalized spacial score (nSPS) is 11.7. The highest BCUT2D eigenvalue weighted by molar-refractivity contribution is 9.10. The molecule has 2 amide bonds. The predicted octanol–water partition coefficient (Wildman–Crippen LogP) is 4.50. The van der Waals surface area contributed by atoms with E-state index in [2.05, 4.69) is 21.2 Å². The van der Waals surface area contributed by atoms with Crippen molar-refractivity contribution in [1.29, 1.82) is 0 Å². The molecule has 7 heteroatoms. The van der Waals surface area contributed by atoms with E-state index < -0.39 is 6.04 Å². The molecule has 2 rings (SSSR count). The molecule has 0 unspecified atom stereocenters. The largest absolute Gasteiger partial charge is 0.357 e. The van der Waals surface area contributed by atoms with Crippen molar-refractivity contribution >= 4 is 51.1 Å². The van der Waals surface area contributed by atoms with Crippen molar-refractivity contribution in [3.05, 3.63) is 69.2 Å². The Kier molecular flexibility index (Phi) is 8.67. The first-order valence-corrected chi connectivity index (χ1v) is 10.8. The molecule has 0 bridgehead atoms. The van der Waals surface area contributed by atoms with Gasteiger partial charge < -0.3 is 10.2 Å². The number of hydrogen-bond donors (Lipinski definition) is 1. The van der Waals surface area contributed by atoms with E-state index in [1.54, 1.807) is 18.9 Å². The number of halogens is 2. The second-order valence-electron chi connectivity index (χ2n) is 6.03. The van der Waals surface area contributed by atoms with Crippen LogP contribution in [-0.2, 0) is 21.9 Å². The Labute approximate surface area is 177 Å². The van der Waals surface area contributed by atoms with Crippen LogP contribution in [0.2, 0.25) is 5.02 Å². The van der Waals surface area contributed by atoms with E-state index >= 15 is 0 Å². The minimum atomic E-state index is -0.553. The van der Waals surface area contributed by atoms with Crippen LogP contribution in [0.25, 0.3) is 0 Å². The third kappa shape index (κ3) is 6.55. The first-order valence-electron chi connectivity index (χ1n) is 8.49. The summed E-state index contributed by atoms with van der Waals surface area (Å²) >= 11 is 11.1. The Hall–Kier alpha value is -1.50. The third-order valence-electron chi connectivity index (χ3n) is 4.10. The van der Waals surface area contributed by atoms with Crippen LogP contribution in [0, 0.1) is 0 Å². The van der Waals surface area contributed by atoms with Crippen LogP contribution >= 0.6 is 39.3 Å². The molecule has 0 spiro atoms. The highest BCUT2D eigenvalue weighted by Gasteiger charge is 2.25. The molecule has 0 aliphatic heterocycles. The number of thioether (sulfide) groups is 1. The van der Waals surface area contributed by atoms with Crippen LogP contribution in [0.15, 0.2) is 53.0 Å². The number of hydrogen-bond acceptors (Lipinski definition) is 3. The van der Waals surface area contributed by atoms with Gasteiger partial charge in [-0.05, 0) is 36.2 Å². The second kappa shape index (κ2) is 10.7. The summed E-state index contributed by atoms with van der Waals surface area (Å²) in [6.07, 6.45) is 0. The number of carbonyl (C=O) groups excluding carboxylic acids is 2. The maximum Gasteiger partial charge on any atom is 0.242 e. The average Bonchev–Trinajstić information content (AvgIpc) is 2.66. The fourth-order valence-corrected chi connectivity index (χ4v) is 4.21. The van der Waals surface area contributed by atoms with Gasteiger partial charge in [-0.25, -0.2) is 0 Å². The summed E-state index contributed by atoms with van der Waals surface area (Å²) in [7, 11) is 1.58. The molecule has 0 heterocycles. The van der Waals surface area contributed by atoms with Gasteiger partial charge in [0.15, 0.2) is 0 Å². The standard InChI is InChI=1S/C20H22BrClN2O2S/c1-14(20(26)23-2)24(11-15-6-5-8-17(21)10-15)19(25)13-27-12-16-7-3-4-9-18(16)22/h3-10,14H,11-13H2,1-2H3,(H,23,26)/t14-/m0/s1. The number of nitrogens with zero attached hydrogens (tertiary/aromatic N) is 1. The molecule has 2 aromatic carbocycles. The lowest BCUT2D eigenvalue weighted by atomic mass is 10.1. The average molecular weight is 470 g/mol. The number of benzene rings is 2. The van der Waals surface area contributed by atoms with Gasteiger partial charge in [0.25, 0.3) is 0 Å². The van der Waals surface area contributed by atoms with Gasteiger partial charge in [0, 0.05) is 28.8 Å². The summed E-state index contributed by atoms with van der Waals surface area (Å²) < 4.78 is 0.938. The monoisotopic (exact) mass is 468 g/mol. The minimum absolute atomic E-state index is 0.0804. The first-order chi connectivity index (χ1) is 12.9. The van der Waals surface area contributed by atoms with Gasteiger partial charge in [-0.3, -0.25) is 9.59 Å². The number of nitrogens with one attached hydrogen (secondary N) is 1. The number of likely N-dealkylation sites (N-methyl/N-ethyl adjacent to an activating group) is 1. The highest BCUT2D eigenvalue weighted by atomic mass is 79.9. The molecule has 0 aliphatic rings. The molecule has 1 atom stereocenters. The zero-order valence-electron chi connectivity index (χ0n) is 15.2. The Morgan fingerprint density at radius 1 is 1.22 bits per heavy atom. The molecule has 0 aromatic heterocycles. The van der Waals surface area contributed by atoms with Crippen LogP contribution in [0.1, 0.15) is 18.1 Å². The second-order valence-corrected chi connectivity index (χ2v) is 8.33. The lowest BCUT2D eigenvalue weighted by Gasteiger charge is -2.28. The van der Waals surface area contributed by atoms with Crippen molar-refractivity contribution in [3.63, 3.8) is 0 Å². The van der Waals surface area contributed by atoms with Crippen molar-refractivity contribution in [1.82, 2.24) is 10.2 Å². The lowest BCUT2D eigenvalue weighted by molar-refractivity contribution is -0.138. The van der Waals surface area contributed by atoms with Gasteiger partial charge in [0.05, 0.1) is 5.75 Å². The molecular formula is C20H22BrClN2O2S. The summed E-state index contributed by atoms with van der Waals surface area (Å²) in [4.78, 5) is 26.6. The fourth-order valence-electron chi connectivity index (χ4n) is 2.57. The molecule has 0 fully saturated rings. The van der Waals surface area contributed by atoms with Crippen molar-refractivity contribution in [2.24, 2.45) is 0 Å². The molecular weight excluding hydrogens is 448 g/mol. The molecule has 4 nitrogen and oxygen atoms in total. The quantitative estimate of drug-likeness (QED) is 0.619. The molecule has 0 radical (unpaired) electrons. The molecule has 144 valence electrons. The van der Waals surface area contributed by atoms with Crippen LogP contribution in [0.5, 0.6) is 0 Å². The molecule has 2 aromatic rings. The third-order valence-corrected chi connectivity index (χ3v) is 5.92. The topological polar surface area (TPSA) is 49.4 Å². The van der Waals surface area contributed by atoms with Crippen molar-refractivity contribution in [3.8, 4) is 0 Å². The smallest absolute Gasteiger partial charge is 0.242 e. The minimum Gasteiger partial charge on any atom is -0.357 e. The van der Waals surface area contributed by atoms with Crippen LogP contribution in [0.4, 0.5) is 0 Å². The Morgan fingerprint density at radius 2 is 1.96 bits per heavy atom. The summed E-state index contributed by atoms with van der Waals surface area (Å²) in [6, 6.07) is 14.8. The van der Waals surface area contributed by atoms with E-state index in [0.29, 0.717) is 17.3 Å². The predicted molar refractivity (Wildman–Crippen MR) is 116 cm³/mol. The van der Waals surface area contributed by atoms with Crippen LogP contribution in [-0.4, -0.2) is 35.6 Å². The summed E-state index contributed by atoms with van der Waals surface area (Å²) in [5, 5.41) is 3.32. The van der Waals surface area contributed by atoms with Gasteiger partial charge in [-0.15, -0.1) is 11.8 Å². The van der Waals surface area contributed by atoms with Gasteiger partial charge in [0.1, 0.15) is 6.04 Å². The van der Waals surface area contributed by atoms with Crippen molar-refractivity contribution in [2.75, 3.05) is 12.8 Å². The van der Waals surface area contributed by atoms with Crippen molar-refractivity contribution < 1.29 is 9.59 Å². The Bertz CT molecular complexity index is 803. The van der Waals surface area contributed by atoms with Gasteiger partial charge in [0.2, 0.25) is 11.8 Å². The molecule has 27 heavy (non-hydrogen) atoms. The van der Waals surface area contributed by atoms with Gasteiger partial charge >= 0.3 is 0 Å². The van der Waals surface area contributed by atoms with E-state index in [1.807, 2.05) is 48.5 Å². The molecule has 0 aliphatic carbocycles. The summed E-state index contributed by atoms with van der Waals surface area (Å²) in [6.45, 7) is 2.12. The van der Waals surface area contributed by atoms with Crippen molar-refractivity contribution in [2.45, 2.75) is 25.3 Å². The summed E-state index contributed by atoms with van der Waals surface area (Å²) in [5.74, 6) is 0.656. The molecule has 1 N–H and O–H groups in total. The zero-order valence-corrected chi connectivity index (χ0v) is 18.4. The zero-order chi connectivity index (χ0) is 19.8. The van der Waals surface area contributed by atoms with E-state index in [9.17, 15) is 9.59 Å². The van der Waals surface area contributed by atoms with Gasteiger partial charge in [-0.1, -0.05) is 57.9 Å². The van der Waals surface area contributed by atoms with E-state index in [1.165, 1.54) is 11.8 Å². The summed E-state index contributed by atoms with van der Waals surface area (Å²) in [5.41, 5.74) is 1.96. The fraction of sp³-hybridized carbons (Fsp3) is 0.300. The molecule has 0 saturated heterocycles. The Balaban J connectivity index is 2.06. The molecule has 0 saturated carbocycles. The van der Waals surface area contributed by atoms with Crippen LogP contribution < -0.4 is 5.32 Å². The number of amides is 2. The van der Waals surface area contributed by atoms with E-state index in [4.69, 9.17) is 11.6 Å². The number of carbonyl (C=O) groups is 2. The van der Waals surface area contributed by atoms with E-state index in [-0.39, 0.29) is 17.6 Å². The maximum atomic E-state index is 12.8. The number of rotatable bonds is 8. The highest BCUT2D eigenvalue weighted by Crippen LogP contribution is 2.22. The van der Waals surface area contributed by atoms with Gasteiger partial charge in [-0.2, -0.15) is 0 Å². The first kappa shape index (κ1) is 21.8.